The third-order valence-electron chi connectivity index (χ3n) is 3.94. The third kappa shape index (κ3) is 2.97. The van der Waals surface area contributed by atoms with Crippen LogP contribution < -0.4 is 5.32 Å². The number of oxazole rings is 1. The van der Waals surface area contributed by atoms with Crippen molar-refractivity contribution in [1.82, 2.24) is 4.98 Å². The van der Waals surface area contributed by atoms with E-state index in [4.69, 9.17) is 4.42 Å². The molecule has 0 unspecified atom stereocenters. The molecular formula is C14H17N3O4. The summed E-state index contributed by atoms with van der Waals surface area (Å²) < 4.78 is 5.46. The third-order valence-corrected chi connectivity index (χ3v) is 3.94. The van der Waals surface area contributed by atoms with Crippen LogP contribution in [0.5, 0.6) is 0 Å². The molecule has 1 aliphatic rings. The average molecular weight is 291 g/mol. The maximum absolute atomic E-state index is 10.7. The van der Waals surface area contributed by atoms with Gasteiger partial charge in [-0.15, -0.1) is 0 Å². The zero-order valence-electron chi connectivity index (χ0n) is 11.5. The van der Waals surface area contributed by atoms with Gasteiger partial charge in [-0.1, -0.05) is 19.3 Å². The van der Waals surface area contributed by atoms with Gasteiger partial charge >= 0.3 is 0 Å². The highest BCUT2D eigenvalue weighted by Crippen LogP contribution is 2.29. The molecule has 7 heteroatoms. The molecule has 1 heterocycles. The van der Waals surface area contributed by atoms with Crippen molar-refractivity contribution in [1.29, 1.82) is 0 Å². The molecule has 1 fully saturated rings. The van der Waals surface area contributed by atoms with E-state index in [2.05, 4.69) is 10.3 Å². The van der Waals surface area contributed by atoms with E-state index >= 15 is 0 Å². The van der Waals surface area contributed by atoms with Gasteiger partial charge in [-0.05, 0) is 18.9 Å². The van der Waals surface area contributed by atoms with Gasteiger partial charge in [-0.2, -0.15) is 4.98 Å². The summed E-state index contributed by atoms with van der Waals surface area (Å²) in [4.78, 5) is 14.5. The number of aromatic nitrogens is 1. The van der Waals surface area contributed by atoms with Crippen molar-refractivity contribution in [3.63, 3.8) is 0 Å². The van der Waals surface area contributed by atoms with E-state index in [0.717, 1.165) is 32.1 Å². The van der Waals surface area contributed by atoms with Crippen molar-refractivity contribution < 1.29 is 14.4 Å². The number of fused-ring (bicyclic) bond motifs is 1. The van der Waals surface area contributed by atoms with Gasteiger partial charge < -0.3 is 14.8 Å². The summed E-state index contributed by atoms with van der Waals surface area (Å²) in [7, 11) is 0. The maximum Gasteiger partial charge on any atom is 0.295 e. The Bertz CT molecular complexity index is 661. The Kier molecular flexibility index (Phi) is 3.50. The van der Waals surface area contributed by atoms with E-state index in [1.165, 1.54) is 12.1 Å². The molecule has 1 aliphatic carbocycles. The Morgan fingerprint density at radius 3 is 2.86 bits per heavy atom. The molecule has 7 nitrogen and oxygen atoms in total. The van der Waals surface area contributed by atoms with Crippen molar-refractivity contribution in [2.75, 3.05) is 11.9 Å². The van der Waals surface area contributed by atoms with Crippen LogP contribution in [0.15, 0.2) is 22.6 Å². The van der Waals surface area contributed by atoms with Crippen LogP contribution in [0.4, 0.5) is 11.7 Å². The minimum absolute atomic E-state index is 0.0314. The molecule has 1 aromatic carbocycles. The molecule has 0 atom stereocenters. The fraction of sp³-hybridized carbons (Fsp3) is 0.500. The van der Waals surface area contributed by atoms with E-state index in [0.29, 0.717) is 17.6 Å². The number of nitrogens with one attached hydrogen (secondary N) is 1. The van der Waals surface area contributed by atoms with E-state index in [1.54, 1.807) is 6.07 Å². The Morgan fingerprint density at radius 1 is 1.38 bits per heavy atom. The second-order valence-corrected chi connectivity index (χ2v) is 5.57. The topological polar surface area (TPSA) is 101 Å². The van der Waals surface area contributed by atoms with Gasteiger partial charge in [-0.25, -0.2) is 0 Å². The molecule has 2 aromatic rings. The van der Waals surface area contributed by atoms with E-state index < -0.39 is 10.5 Å². The number of non-ortho nitro benzene ring substituents is 1. The van der Waals surface area contributed by atoms with Crippen molar-refractivity contribution in [2.45, 2.75) is 37.7 Å². The summed E-state index contributed by atoms with van der Waals surface area (Å²) in [5, 5.41) is 24.1. The molecule has 112 valence electrons. The first-order valence-corrected chi connectivity index (χ1v) is 7.07. The molecule has 1 saturated carbocycles. The summed E-state index contributed by atoms with van der Waals surface area (Å²) in [5.41, 5.74) is 0.169. The van der Waals surface area contributed by atoms with Crippen LogP contribution in [0.1, 0.15) is 32.1 Å². The quantitative estimate of drug-likeness (QED) is 0.663. The second kappa shape index (κ2) is 5.33. The SMILES string of the molecule is O=[N+]([O-])c1ccc2nc(NCC3(O)CCCCC3)oc2c1. The normalized spacial score (nSPS) is 17.8. The number of hydrogen-bond donors (Lipinski definition) is 2. The molecule has 0 radical (unpaired) electrons. The lowest BCUT2D eigenvalue weighted by Gasteiger charge is -2.31. The lowest BCUT2D eigenvalue weighted by atomic mass is 9.85. The first kappa shape index (κ1) is 13.8. The van der Waals surface area contributed by atoms with Crippen molar-refractivity contribution in [3.05, 3.63) is 28.3 Å². The zero-order chi connectivity index (χ0) is 14.9. The Balaban J connectivity index is 1.73. The van der Waals surface area contributed by atoms with Gasteiger partial charge in [-0.3, -0.25) is 10.1 Å². The predicted molar refractivity (Wildman–Crippen MR) is 77.2 cm³/mol. The molecule has 1 aromatic heterocycles. The fourth-order valence-corrected chi connectivity index (χ4v) is 2.73. The summed E-state index contributed by atoms with van der Waals surface area (Å²) in [6, 6.07) is 4.58. The summed E-state index contributed by atoms with van der Waals surface area (Å²) in [6.45, 7) is 0.377. The zero-order valence-corrected chi connectivity index (χ0v) is 11.5. The van der Waals surface area contributed by atoms with Crippen LogP contribution >= 0.6 is 0 Å². The molecule has 21 heavy (non-hydrogen) atoms. The second-order valence-electron chi connectivity index (χ2n) is 5.57. The smallest absolute Gasteiger partial charge is 0.295 e. The monoisotopic (exact) mass is 291 g/mol. The van der Waals surface area contributed by atoms with Gasteiger partial charge in [0.15, 0.2) is 5.58 Å². The standard InChI is InChI=1S/C14H17N3O4/c18-14(6-2-1-3-7-14)9-15-13-16-11-5-4-10(17(19)20)8-12(11)21-13/h4-5,8,18H,1-3,6-7,9H2,(H,15,16). The Morgan fingerprint density at radius 2 is 2.14 bits per heavy atom. The molecule has 0 spiro atoms. The van der Waals surface area contributed by atoms with Gasteiger partial charge in [0.05, 0.1) is 16.6 Å². The predicted octanol–water partition coefficient (Wildman–Crippen LogP) is 2.84. The summed E-state index contributed by atoms with van der Waals surface area (Å²) >= 11 is 0. The Hall–Kier alpha value is -2.15. The first-order chi connectivity index (χ1) is 10.1. The maximum atomic E-state index is 10.7. The number of anilines is 1. The average Bonchev–Trinajstić information content (AvgIpc) is 2.88. The number of rotatable bonds is 4. The lowest BCUT2D eigenvalue weighted by Crippen LogP contribution is -2.38. The van der Waals surface area contributed by atoms with Crippen molar-refractivity contribution in [2.24, 2.45) is 0 Å². The minimum Gasteiger partial charge on any atom is -0.423 e. The highest BCUT2D eigenvalue weighted by molar-refractivity contribution is 5.77. The van der Waals surface area contributed by atoms with E-state index in [1.807, 2.05) is 0 Å². The fourth-order valence-electron chi connectivity index (χ4n) is 2.73. The molecule has 0 bridgehead atoms. The highest BCUT2D eigenvalue weighted by atomic mass is 16.6. The van der Waals surface area contributed by atoms with Gasteiger partial charge in [0.2, 0.25) is 0 Å². The van der Waals surface area contributed by atoms with Crippen LogP contribution in [0.3, 0.4) is 0 Å². The Labute approximate surface area is 121 Å². The number of hydrogen-bond acceptors (Lipinski definition) is 6. The van der Waals surface area contributed by atoms with Crippen molar-refractivity contribution in [3.8, 4) is 0 Å². The largest absolute Gasteiger partial charge is 0.423 e. The molecule has 3 rings (SSSR count). The van der Waals surface area contributed by atoms with Gasteiger partial charge in [0.25, 0.3) is 11.7 Å². The lowest BCUT2D eigenvalue weighted by molar-refractivity contribution is -0.384. The number of nitro groups is 1. The minimum atomic E-state index is -0.717. The van der Waals surface area contributed by atoms with Crippen LogP contribution in [-0.2, 0) is 0 Å². The molecule has 0 saturated heterocycles. The van der Waals surface area contributed by atoms with Gasteiger partial charge in [0, 0.05) is 12.6 Å². The van der Waals surface area contributed by atoms with Crippen LogP contribution in [0, 0.1) is 10.1 Å². The molecule has 0 aliphatic heterocycles. The summed E-state index contributed by atoms with van der Waals surface area (Å²) in [6.07, 6.45) is 4.75. The van der Waals surface area contributed by atoms with Crippen LogP contribution in [0.2, 0.25) is 0 Å². The van der Waals surface area contributed by atoms with E-state index in [-0.39, 0.29) is 11.7 Å². The van der Waals surface area contributed by atoms with Gasteiger partial charge in [0.1, 0.15) is 5.52 Å². The summed E-state index contributed by atoms with van der Waals surface area (Å²) in [5.74, 6) is 0. The van der Waals surface area contributed by atoms with E-state index in [9.17, 15) is 15.2 Å². The first-order valence-electron chi connectivity index (χ1n) is 7.07. The number of nitro benzene ring substituents is 1. The number of benzene rings is 1. The number of aliphatic hydroxyl groups is 1. The molecule has 2 N–H and O–H groups in total. The molecule has 0 amide bonds. The highest BCUT2D eigenvalue weighted by Gasteiger charge is 2.29. The number of nitrogens with zero attached hydrogens (tertiary/aromatic N) is 2. The van der Waals surface area contributed by atoms with Crippen molar-refractivity contribution >= 4 is 22.8 Å². The van der Waals surface area contributed by atoms with Crippen LogP contribution in [-0.4, -0.2) is 27.2 Å². The van der Waals surface area contributed by atoms with Crippen LogP contribution in [0.25, 0.3) is 11.1 Å². The molecular weight excluding hydrogens is 274 g/mol.